The van der Waals surface area contributed by atoms with Crippen LogP contribution in [0.15, 0.2) is 30.3 Å². The molecule has 1 aliphatic heterocycles. The molecule has 0 radical (unpaired) electrons. The molecule has 5 heteroatoms. The normalized spacial score (nSPS) is 23.6. The van der Waals surface area contributed by atoms with Gasteiger partial charge in [0.05, 0.1) is 6.54 Å². The second kappa shape index (κ2) is 4.33. The zero-order valence-corrected chi connectivity index (χ0v) is 10.4. The van der Waals surface area contributed by atoms with Crippen molar-refractivity contribution in [2.45, 2.75) is 18.9 Å². The van der Waals surface area contributed by atoms with E-state index >= 15 is 0 Å². The van der Waals surface area contributed by atoms with Crippen LogP contribution >= 0.6 is 12.2 Å². The summed E-state index contributed by atoms with van der Waals surface area (Å²) in [7, 11) is 0. The number of carbonyl (C=O) groups excluding carboxylic acids is 1. The molecule has 1 fully saturated rings. The average Bonchev–Trinajstić information content (AvgIpc) is 2.69. The fourth-order valence-corrected chi connectivity index (χ4v) is 2.16. The molecule has 2 N–H and O–H groups in total. The van der Waals surface area contributed by atoms with Crippen LogP contribution in [0.1, 0.15) is 18.9 Å². The van der Waals surface area contributed by atoms with Gasteiger partial charge in [-0.05, 0) is 24.2 Å². The Labute approximate surface area is 105 Å². The topological polar surface area (TPSA) is 55.6 Å². The quantitative estimate of drug-likeness (QED) is 0.815. The van der Waals surface area contributed by atoms with Gasteiger partial charge < -0.3 is 10.5 Å². The van der Waals surface area contributed by atoms with Crippen LogP contribution in [-0.4, -0.2) is 22.7 Å². The number of rotatable bonds is 2. The molecule has 1 atom stereocenters. The maximum absolute atomic E-state index is 11.7. The Bertz CT molecular complexity index is 449. The van der Waals surface area contributed by atoms with Crippen molar-refractivity contribution in [3.8, 4) is 0 Å². The van der Waals surface area contributed by atoms with Gasteiger partial charge in [0, 0.05) is 0 Å². The smallest absolute Gasteiger partial charge is 0.417 e. The summed E-state index contributed by atoms with van der Waals surface area (Å²) < 4.78 is 5.48. The molecule has 17 heavy (non-hydrogen) atoms. The van der Waals surface area contributed by atoms with Crippen LogP contribution in [0.5, 0.6) is 0 Å². The van der Waals surface area contributed by atoms with E-state index in [0.717, 1.165) is 5.56 Å². The highest BCUT2D eigenvalue weighted by Gasteiger charge is 2.46. The maximum Gasteiger partial charge on any atom is 0.417 e. The monoisotopic (exact) mass is 250 g/mol. The van der Waals surface area contributed by atoms with Gasteiger partial charge in [0.25, 0.3) is 0 Å². The molecule has 1 unspecified atom stereocenters. The van der Waals surface area contributed by atoms with E-state index in [4.69, 9.17) is 22.7 Å². The third kappa shape index (κ3) is 1.98. The van der Waals surface area contributed by atoms with Crippen molar-refractivity contribution in [3.63, 3.8) is 0 Å². The number of hydrogen-bond acceptors (Lipinski definition) is 3. The van der Waals surface area contributed by atoms with Gasteiger partial charge in [-0.3, -0.25) is 0 Å². The highest BCUT2D eigenvalue weighted by Crippen LogP contribution is 2.35. The first-order chi connectivity index (χ1) is 8.09. The summed E-state index contributed by atoms with van der Waals surface area (Å²) in [6, 6.07) is 9.66. The Kier molecular flexibility index (Phi) is 3.02. The van der Waals surface area contributed by atoms with Crippen molar-refractivity contribution in [2.75, 3.05) is 6.54 Å². The van der Waals surface area contributed by atoms with Crippen LogP contribution < -0.4 is 5.73 Å². The third-order valence-electron chi connectivity index (χ3n) is 3.05. The number of nitrogens with zero attached hydrogens (tertiary/aromatic N) is 1. The Morgan fingerprint density at radius 3 is 2.65 bits per heavy atom. The molecule has 0 bridgehead atoms. The van der Waals surface area contributed by atoms with E-state index in [1.165, 1.54) is 4.90 Å². The van der Waals surface area contributed by atoms with Crippen molar-refractivity contribution in [3.05, 3.63) is 35.9 Å². The van der Waals surface area contributed by atoms with Crippen molar-refractivity contribution in [2.24, 2.45) is 5.73 Å². The standard InChI is InChI=1S/C12H14N2O2S/c1-2-12(9-6-4-3-5-7-9)8-14(10(13)17)11(15)16-12/h3-7H,2,8H2,1H3,(H2,13,17). The molecule has 4 nitrogen and oxygen atoms in total. The number of thiocarbonyl (C=S) groups is 1. The Hall–Kier alpha value is -1.62. The zero-order chi connectivity index (χ0) is 12.5. The van der Waals surface area contributed by atoms with Crippen LogP contribution in [0.4, 0.5) is 4.79 Å². The molecule has 2 rings (SSSR count). The molecular weight excluding hydrogens is 236 g/mol. The van der Waals surface area contributed by atoms with E-state index < -0.39 is 11.7 Å². The van der Waals surface area contributed by atoms with E-state index in [-0.39, 0.29) is 5.11 Å². The van der Waals surface area contributed by atoms with Crippen molar-refractivity contribution < 1.29 is 9.53 Å². The second-order valence-corrected chi connectivity index (χ2v) is 4.42. The van der Waals surface area contributed by atoms with E-state index in [2.05, 4.69) is 0 Å². The van der Waals surface area contributed by atoms with Gasteiger partial charge in [-0.25, -0.2) is 9.69 Å². The lowest BCUT2D eigenvalue weighted by Crippen LogP contribution is -2.38. The van der Waals surface area contributed by atoms with Gasteiger partial charge in [-0.2, -0.15) is 0 Å². The van der Waals surface area contributed by atoms with Gasteiger partial charge in [-0.1, -0.05) is 37.3 Å². The number of benzene rings is 1. The summed E-state index contributed by atoms with van der Waals surface area (Å²) in [4.78, 5) is 13.0. The summed E-state index contributed by atoms with van der Waals surface area (Å²) in [5, 5.41) is 0.0567. The number of ether oxygens (including phenoxy) is 1. The molecule has 1 amide bonds. The molecule has 0 saturated carbocycles. The highest BCUT2D eigenvalue weighted by atomic mass is 32.1. The van der Waals surface area contributed by atoms with Gasteiger partial charge in [-0.15, -0.1) is 0 Å². The number of carbonyl (C=O) groups is 1. The van der Waals surface area contributed by atoms with Crippen molar-refractivity contribution in [1.29, 1.82) is 0 Å². The minimum absolute atomic E-state index is 0.0567. The van der Waals surface area contributed by atoms with E-state index in [1.54, 1.807) is 0 Å². The number of cyclic esters (lactones) is 1. The summed E-state index contributed by atoms with van der Waals surface area (Å²) >= 11 is 4.84. The first kappa shape index (κ1) is 11.9. The molecule has 90 valence electrons. The minimum Gasteiger partial charge on any atom is -0.436 e. The summed E-state index contributed by atoms with van der Waals surface area (Å²) in [6.07, 6.45) is 0.213. The second-order valence-electron chi connectivity index (χ2n) is 4.01. The van der Waals surface area contributed by atoms with Crippen LogP contribution in [0.3, 0.4) is 0 Å². The Morgan fingerprint density at radius 1 is 1.53 bits per heavy atom. The molecule has 1 saturated heterocycles. The highest BCUT2D eigenvalue weighted by molar-refractivity contribution is 7.80. The summed E-state index contributed by atoms with van der Waals surface area (Å²) in [6.45, 7) is 2.35. The molecule has 0 aromatic heterocycles. The third-order valence-corrected chi connectivity index (χ3v) is 3.27. The molecular formula is C12H14N2O2S. The van der Waals surface area contributed by atoms with Crippen LogP contribution in [0.25, 0.3) is 0 Å². The number of amides is 1. The molecule has 1 aromatic carbocycles. The van der Waals surface area contributed by atoms with Gasteiger partial charge in [0.1, 0.15) is 0 Å². The van der Waals surface area contributed by atoms with Gasteiger partial charge in [0.2, 0.25) is 0 Å². The van der Waals surface area contributed by atoms with Gasteiger partial charge in [0.15, 0.2) is 10.7 Å². The van der Waals surface area contributed by atoms with Crippen LogP contribution in [0, 0.1) is 0 Å². The first-order valence-corrected chi connectivity index (χ1v) is 5.85. The van der Waals surface area contributed by atoms with E-state index in [1.807, 2.05) is 37.3 Å². The van der Waals surface area contributed by atoms with E-state index in [9.17, 15) is 4.79 Å². The Morgan fingerprint density at radius 2 is 2.18 bits per heavy atom. The zero-order valence-electron chi connectivity index (χ0n) is 9.55. The number of nitrogens with two attached hydrogens (primary N) is 1. The maximum atomic E-state index is 11.7. The fraction of sp³-hybridized carbons (Fsp3) is 0.333. The lowest BCUT2D eigenvalue weighted by atomic mass is 9.91. The molecule has 1 heterocycles. The van der Waals surface area contributed by atoms with Crippen molar-refractivity contribution >= 4 is 23.4 Å². The average molecular weight is 250 g/mol. The molecule has 1 aromatic rings. The summed E-state index contributed by atoms with van der Waals surface area (Å²) in [5.41, 5.74) is 5.83. The molecule has 0 aliphatic carbocycles. The fourth-order valence-electron chi connectivity index (χ4n) is 2.02. The summed E-state index contributed by atoms with van der Waals surface area (Å²) in [5.74, 6) is 0. The predicted octanol–water partition coefficient (Wildman–Crippen LogP) is 1.99. The molecule has 0 spiro atoms. The van der Waals surface area contributed by atoms with Crippen LogP contribution in [0.2, 0.25) is 0 Å². The predicted molar refractivity (Wildman–Crippen MR) is 68.4 cm³/mol. The SMILES string of the molecule is CCC1(c2ccccc2)CN(C(N)=S)C(=O)O1. The van der Waals surface area contributed by atoms with E-state index in [0.29, 0.717) is 13.0 Å². The minimum atomic E-state index is -0.637. The van der Waals surface area contributed by atoms with Gasteiger partial charge >= 0.3 is 6.09 Å². The number of hydrogen-bond donors (Lipinski definition) is 1. The van der Waals surface area contributed by atoms with Crippen LogP contribution in [-0.2, 0) is 10.3 Å². The first-order valence-electron chi connectivity index (χ1n) is 5.44. The largest absolute Gasteiger partial charge is 0.436 e. The molecule has 1 aliphatic rings. The lowest BCUT2D eigenvalue weighted by molar-refractivity contribution is 0.0511. The Balaban J connectivity index is 2.36. The van der Waals surface area contributed by atoms with Crippen molar-refractivity contribution in [1.82, 2.24) is 4.90 Å². The lowest BCUT2D eigenvalue weighted by Gasteiger charge is -2.25.